The molecule has 2 atom stereocenters. The van der Waals surface area contributed by atoms with E-state index in [2.05, 4.69) is 27.1 Å². The molecule has 1 aliphatic heterocycles. The van der Waals surface area contributed by atoms with E-state index in [1.807, 2.05) is 22.6 Å². The molecular formula is C15H20N4OS. The van der Waals surface area contributed by atoms with Crippen LogP contribution in [0.25, 0.3) is 0 Å². The number of aromatic nitrogens is 2. The number of carbonyl (C=O) groups is 1. The van der Waals surface area contributed by atoms with Crippen LogP contribution in [-0.2, 0) is 6.54 Å². The van der Waals surface area contributed by atoms with Gasteiger partial charge in [-0.05, 0) is 42.2 Å². The average molecular weight is 304 g/mol. The molecule has 0 aliphatic carbocycles. The molecule has 1 N–H and O–H groups in total. The SMILES string of the molecule is C[C@@H](Cn1ccnc1)NC(=O)N1CCC[C@@H]1c1ccsc1. The smallest absolute Gasteiger partial charge is 0.318 e. The molecule has 0 unspecified atom stereocenters. The van der Waals surface area contributed by atoms with Crippen molar-refractivity contribution in [3.63, 3.8) is 0 Å². The van der Waals surface area contributed by atoms with Crippen LogP contribution in [0.2, 0.25) is 0 Å². The van der Waals surface area contributed by atoms with E-state index in [9.17, 15) is 4.79 Å². The summed E-state index contributed by atoms with van der Waals surface area (Å²) in [4.78, 5) is 18.5. The first kappa shape index (κ1) is 14.1. The molecule has 112 valence electrons. The molecule has 2 aromatic heterocycles. The second kappa shape index (κ2) is 6.30. The maximum Gasteiger partial charge on any atom is 0.318 e. The fourth-order valence-electron chi connectivity index (χ4n) is 2.87. The minimum atomic E-state index is 0.0383. The molecular weight excluding hydrogens is 284 g/mol. The minimum absolute atomic E-state index is 0.0383. The van der Waals surface area contributed by atoms with Gasteiger partial charge in [0.15, 0.2) is 0 Å². The van der Waals surface area contributed by atoms with Gasteiger partial charge in [0.25, 0.3) is 0 Å². The number of imidazole rings is 1. The Morgan fingerprint density at radius 1 is 1.62 bits per heavy atom. The molecule has 2 amide bonds. The maximum atomic E-state index is 12.5. The van der Waals surface area contributed by atoms with Crippen LogP contribution >= 0.6 is 11.3 Å². The van der Waals surface area contributed by atoms with Crippen LogP contribution < -0.4 is 5.32 Å². The summed E-state index contributed by atoms with van der Waals surface area (Å²) < 4.78 is 1.98. The first-order chi connectivity index (χ1) is 10.2. The van der Waals surface area contributed by atoms with Gasteiger partial charge in [0.2, 0.25) is 0 Å². The van der Waals surface area contributed by atoms with E-state index in [0.29, 0.717) is 0 Å². The van der Waals surface area contributed by atoms with E-state index in [1.54, 1.807) is 23.9 Å². The predicted molar refractivity (Wildman–Crippen MR) is 83.2 cm³/mol. The molecule has 5 nitrogen and oxygen atoms in total. The average Bonchev–Trinajstić information content (AvgIpc) is 3.20. The molecule has 3 heterocycles. The van der Waals surface area contributed by atoms with Crippen LogP contribution in [0.5, 0.6) is 0 Å². The molecule has 21 heavy (non-hydrogen) atoms. The third kappa shape index (κ3) is 3.26. The summed E-state index contributed by atoms with van der Waals surface area (Å²) in [6.45, 7) is 3.60. The summed E-state index contributed by atoms with van der Waals surface area (Å²) in [5, 5.41) is 7.31. The molecule has 2 aromatic rings. The van der Waals surface area contributed by atoms with Crippen molar-refractivity contribution < 1.29 is 4.79 Å². The van der Waals surface area contributed by atoms with Crippen LogP contribution in [0.4, 0.5) is 4.79 Å². The van der Waals surface area contributed by atoms with Crippen LogP contribution in [-0.4, -0.2) is 33.1 Å². The molecule has 1 fully saturated rings. The van der Waals surface area contributed by atoms with E-state index >= 15 is 0 Å². The monoisotopic (exact) mass is 304 g/mol. The quantitative estimate of drug-likeness (QED) is 0.944. The van der Waals surface area contributed by atoms with Crippen molar-refractivity contribution in [3.8, 4) is 0 Å². The zero-order valence-electron chi connectivity index (χ0n) is 12.1. The molecule has 0 spiro atoms. The summed E-state index contributed by atoms with van der Waals surface area (Å²) in [5.74, 6) is 0. The lowest BCUT2D eigenvalue weighted by Crippen LogP contribution is -2.44. The van der Waals surface area contributed by atoms with Crippen LogP contribution in [0.3, 0.4) is 0 Å². The highest BCUT2D eigenvalue weighted by atomic mass is 32.1. The number of carbonyl (C=O) groups excluding carboxylic acids is 1. The summed E-state index contributed by atoms with van der Waals surface area (Å²) in [6, 6.07) is 2.47. The van der Waals surface area contributed by atoms with Crippen molar-refractivity contribution in [1.82, 2.24) is 19.8 Å². The molecule has 0 bridgehead atoms. The van der Waals surface area contributed by atoms with Gasteiger partial charge >= 0.3 is 6.03 Å². The van der Waals surface area contributed by atoms with Crippen molar-refractivity contribution in [2.75, 3.05) is 6.54 Å². The lowest BCUT2D eigenvalue weighted by Gasteiger charge is -2.26. The van der Waals surface area contributed by atoms with Gasteiger partial charge in [-0.1, -0.05) is 0 Å². The number of amides is 2. The highest BCUT2D eigenvalue weighted by Gasteiger charge is 2.30. The molecule has 3 rings (SSSR count). The topological polar surface area (TPSA) is 50.2 Å². The first-order valence-electron chi connectivity index (χ1n) is 7.29. The molecule has 0 saturated carbocycles. The number of rotatable bonds is 4. The van der Waals surface area contributed by atoms with Gasteiger partial charge in [-0.3, -0.25) is 0 Å². The Hall–Kier alpha value is -1.82. The fourth-order valence-corrected chi connectivity index (χ4v) is 3.58. The standard InChI is InChI=1S/C15H20N4OS/c1-12(9-18-7-5-16-11-18)17-15(20)19-6-2-3-14(19)13-4-8-21-10-13/h4-5,7-8,10-12,14H,2-3,6,9H2,1H3,(H,17,20)/t12-,14+/m0/s1. The zero-order chi connectivity index (χ0) is 14.7. The zero-order valence-corrected chi connectivity index (χ0v) is 12.9. The molecule has 0 radical (unpaired) electrons. The Morgan fingerprint density at radius 3 is 3.24 bits per heavy atom. The maximum absolute atomic E-state index is 12.5. The first-order valence-corrected chi connectivity index (χ1v) is 8.23. The number of likely N-dealkylation sites (tertiary alicyclic amines) is 1. The van der Waals surface area contributed by atoms with E-state index < -0.39 is 0 Å². The Labute approximate surface area is 128 Å². The minimum Gasteiger partial charge on any atom is -0.335 e. The summed E-state index contributed by atoms with van der Waals surface area (Å²) in [5.41, 5.74) is 1.26. The van der Waals surface area contributed by atoms with Crippen molar-refractivity contribution in [1.29, 1.82) is 0 Å². The lowest BCUT2D eigenvalue weighted by molar-refractivity contribution is 0.188. The number of hydrogen-bond acceptors (Lipinski definition) is 3. The predicted octanol–water partition coefficient (Wildman–Crippen LogP) is 2.88. The van der Waals surface area contributed by atoms with Crippen LogP contribution in [0.15, 0.2) is 35.5 Å². The fraction of sp³-hybridized carbons (Fsp3) is 0.467. The number of thiophene rings is 1. The van der Waals surface area contributed by atoms with Gasteiger partial charge in [-0.15, -0.1) is 0 Å². The van der Waals surface area contributed by atoms with Gasteiger partial charge in [0.05, 0.1) is 12.4 Å². The van der Waals surface area contributed by atoms with Crippen LogP contribution in [0.1, 0.15) is 31.4 Å². The number of nitrogens with zero attached hydrogens (tertiary/aromatic N) is 3. The number of urea groups is 1. The Morgan fingerprint density at radius 2 is 2.52 bits per heavy atom. The van der Waals surface area contributed by atoms with Gasteiger partial charge in [0.1, 0.15) is 0 Å². The third-order valence-electron chi connectivity index (χ3n) is 3.86. The van der Waals surface area contributed by atoms with Gasteiger partial charge in [-0.2, -0.15) is 11.3 Å². The summed E-state index contributed by atoms with van der Waals surface area (Å²) in [6.07, 6.45) is 7.56. The molecule has 1 aliphatic rings. The molecule has 0 aromatic carbocycles. The summed E-state index contributed by atoms with van der Waals surface area (Å²) >= 11 is 1.69. The van der Waals surface area contributed by atoms with E-state index in [4.69, 9.17) is 0 Å². The largest absolute Gasteiger partial charge is 0.335 e. The highest BCUT2D eigenvalue weighted by Crippen LogP contribution is 2.32. The second-order valence-corrected chi connectivity index (χ2v) is 6.30. The molecule has 6 heteroatoms. The van der Waals surface area contributed by atoms with Crippen molar-refractivity contribution in [2.45, 2.75) is 38.4 Å². The van der Waals surface area contributed by atoms with Crippen molar-refractivity contribution in [3.05, 3.63) is 41.1 Å². The van der Waals surface area contributed by atoms with Gasteiger partial charge < -0.3 is 14.8 Å². The third-order valence-corrected chi connectivity index (χ3v) is 4.56. The Kier molecular flexibility index (Phi) is 4.24. The highest BCUT2D eigenvalue weighted by molar-refractivity contribution is 7.07. The van der Waals surface area contributed by atoms with Gasteiger partial charge in [0, 0.05) is 31.5 Å². The van der Waals surface area contributed by atoms with Crippen LogP contribution in [0, 0.1) is 0 Å². The second-order valence-electron chi connectivity index (χ2n) is 5.52. The Balaban J connectivity index is 1.59. The van der Waals surface area contributed by atoms with Crippen molar-refractivity contribution >= 4 is 17.4 Å². The summed E-state index contributed by atoms with van der Waals surface area (Å²) in [7, 11) is 0. The normalized spacial score (nSPS) is 19.7. The lowest BCUT2D eigenvalue weighted by atomic mass is 10.1. The van der Waals surface area contributed by atoms with E-state index in [-0.39, 0.29) is 18.1 Å². The van der Waals surface area contributed by atoms with E-state index in [0.717, 1.165) is 25.9 Å². The Bertz CT molecular complexity index is 567. The molecule has 1 saturated heterocycles. The van der Waals surface area contributed by atoms with Crippen molar-refractivity contribution in [2.24, 2.45) is 0 Å². The van der Waals surface area contributed by atoms with E-state index in [1.165, 1.54) is 5.56 Å². The number of hydrogen-bond donors (Lipinski definition) is 1. The van der Waals surface area contributed by atoms with Gasteiger partial charge in [-0.25, -0.2) is 9.78 Å². The number of nitrogens with one attached hydrogen (secondary N) is 1.